The van der Waals surface area contributed by atoms with Crippen LogP contribution in [-0.2, 0) is 17.8 Å². The van der Waals surface area contributed by atoms with Gasteiger partial charge in [-0.2, -0.15) is 0 Å². The molecule has 2 aromatic carbocycles. The zero-order valence-corrected chi connectivity index (χ0v) is 17.4. The van der Waals surface area contributed by atoms with Gasteiger partial charge in [-0.3, -0.25) is 4.79 Å². The summed E-state index contributed by atoms with van der Waals surface area (Å²) in [5, 5.41) is 8.66. The number of urea groups is 1. The number of amides is 3. The van der Waals surface area contributed by atoms with E-state index >= 15 is 0 Å². The first kappa shape index (κ1) is 22.1. The van der Waals surface area contributed by atoms with Crippen molar-refractivity contribution in [1.82, 2.24) is 10.2 Å². The molecule has 2 heterocycles. The second kappa shape index (κ2) is 9.91. The predicted molar refractivity (Wildman–Crippen MR) is 117 cm³/mol. The summed E-state index contributed by atoms with van der Waals surface area (Å²) in [6.45, 7) is 2.99. The molecular weight excluding hydrogens is 407 g/mol. The Hall–Kier alpha value is -2.64. The number of nitrogens with one attached hydrogen (secondary N) is 3. The largest absolute Gasteiger partial charge is 0.338 e. The number of carbonyl (C=O) groups excluding carboxylic acids is 2. The van der Waals surface area contributed by atoms with Crippen LogP contribution in [0.2, 0.25) is 0 Å². The van der Waals surface area contributed by atoms with Gasteiger partial charge in [-0.25, -0.2) is 9.18 Å². The minimum absolute atomic E-state index is 0. The van der Waals surface area contributed by atoms with Gasteiger partial charge < -0.3 is 20.9 Å². The highest BCUT2D eigenvalue weighted by molar-refractivity contribution is 6.00. The van der Waals surface area contributed by atoms with Crippen molar-refractivity contribution in [2.45, 2.75) is 25.8 Å². The van der Waals surface area contributed by atoms with Crippen LogP contribution < -0.4 is 16.0 Å². The first-order valence-electron chi connectivity index (χ1n) is 10.0. The standard InChI is InChI=1S/C22H25FN4O2.ClH/c23-18-5-1-2-6-20(18)26-22(29)25-19-7-3-4-16-14-27(13-10-17(16)19)21(28)15-8-11-24-12-9-15;/h1-7,15,24H,8-14H2,(H2,25,26,29);1H. The fourth-order valence-corrected chi connectivity index (χ4v) is 4.08. The molecule has 0 unspecified atom stereocenters. The van der Waals surface area contributed by atoms with Crippen molar-refractivity contribution in [3.8, 4) is 0 Å². The van der Waals surface area contributed by atoms with Gasteiger partial charge in [-0.1, -0.05) is 24.3 Å². The van der Waals surface area contributed by atoms with E-state index in [0.29, 0.717) is 25.2 Å². The first-order chi connectivity index (χ1) is 14.1. The maximum absolute atomic E-state index is 13.8. The summed E-state index contributed by atoms with van der Waals surface area (Å²) in [7, 11) is 0. The number of para-hydroxylation sites is 1. The molecule has 6 nitrogen and oxygen atoms in total. The number of hydrogen-bond acceptors (Lipinski definition) is 3. The maximum Gasteiger partial charge on any atom is 0.323 e. The van der Waals surface area contributed by atoms with Gasteiger partial charge in [0.05, 0.1) is 5.69 Å². The van der Waals surface area contributed by atoms with Crippen LogP contribution in [-0.4, -0.2) is 36.5 Å². The number of halogens is 2. The van der Waals surface area contributed by atoms with E-state index in [2.05, 4.69) is 16.0 Å². The van der Waals surface area contributed by atoms with Crippen molar-refractivity contribution in [3.63, 3.8) is 0 Å². The van der Waals surface area contributed by atoms with Crippen LogP contribution >= 0.6 is 12.4 Å². The number of benzene rings is 2. The molecule has 2 aliphatic rings. The van der Waals surface area contributed by atoms with Gasteiger partial charge in [-0.05, 0) is 61.7 Å². The molecule has 0 saturated carbocycles. The minimum atomic E-state index is -0.489. The molecule has 2 aromatic rings. The molecule has 3 N–H and O–H groups in total. The molecule has 0 aliphatic carbocycles. The van der Waals surface area contributed by atoms with Gasteiger partial charge in [0.2, 0.25) is 5.91 Å². The Morgan fingerprint density at radius 3 is 2.47 bits per heavy atom. The van der Waals surface area contributed by atoms with Crippen LogP contribution in [0.4, 0.5) is 20.6 Å². The normalized spacial score (nSPS) is 16.2. The topological polar surface area (TPSA) is 73.5 Å². The highest BCUT2D eigenvalue weighted by Gasteiger charge is 2.29. The monoisotopic (exact) mass is 432 g/mol. The quantitative estimate of drug-likeness (QED) is 0.691. The molecule has 8 heteroatoms. The molecule has 0 radical (unpaired) electrons. The number of anilines is 2. The SMILES string of the molecule is Cl.O=C(Nc1ccccc1F)Nc1cccc2c1CCN(C(=O)C1CCNCC1)C2. The molecule has 30 heavy (non-hydrogen) atoms. The van der Waals surface area contributed by atoms with Crippen LogP contribution in [0.1, 0.15) is 24.0 Å². The number of carbonyl (C=O) groups is 2. The van der Waals surface area contributed by atoms with E-state index in [1.54, 1.807) is 12.1 Å². The first-order valence-corrected chi connectivity index (χ1v) is 10.0. The highest BCUT2D eigenvalue weighted by atomic mass is 35.5. The molecule has 0 aromatic heterocycles. The Kier molecular flexibility index (Phi) is 7.29. The molecule has 1 fully saturated rings. The van der Waals surface area contributed by atoms with Gasteiger partial charge in [0.25, 0.3) is 0 Å². The Balaban J connectivity index is 0.00000256. The summed E-state index contributed by atoms with van der Waals surface area (Å²) in [5.41, 5.74) is 2.91. The lowest BCUT2D eigenvalue weighted by atomic mass is 9.93. The van der Waals surface area contributed by atoms with Crippen molar-refractivity contribution in [2.24, 2.45) is 5.92 Å². The Bertz CT molecular complexity index is 918. The molecule has 0 spiro atoms. The summed E-state index contributed by atoms with van der Waals surface area (Å²) in [4.78, 5) is 27.1. The lowest BCUT2D eigenvalue weighted by Gasteiger charge is -2.34. The smallest absolute Gasteiger partial charge is 0.323 e. The van der Waals surface area contributed by atoms with E-state index in [9.17, 15) is 14.0 Å². The van der Waals surface area contributed by atoms with E-state index in [0.717, 1.165) is 37.1 Å². The molecule has 3 amide bonds. The number of rotatable bonds is 3. The van der Waals surface area contributed by atoms with Crippen LogP contribution in [0.5, 0.6) is 0 Å². The van der Waals surface area contributed by atoms with Gasteiger partial charge in [0.1, 0.15) is 5.82 Å². The van der Waals surface area contributed by atoms with Crippen LogP contribution in [0.15, 0.2) is 42.5 Å². The third kappa shape index (κ3) is 4.91. The molecule has 1 saturated heterocycles. The molecule has 0 bridgehead atoms. The fraction of sp³-hybridized carbons (Fsp3) is 0.364. The highest BCUT2D eigenvalue weighted by Crippen LogP contribution is 2.28. The van der Waals surface area contributed by atoms with Gasteiger partial charge in [0, 0.05) is 24.7 Å². The Morgan fingerprint density at radius 1 is 1.00 bits per heavy atom. The summed E-state index contributed by atoms with van der Waals surface area (Å²) >= 11 is 0. The average Bonchev–Trinajstić information content (AvgIpc) is 2.75. The van der Waals surface area contributed by atoms with Crippen LogP contribution in [0.25, 0.3) is 0 Å². The number of fused-ring (bicyclic) bond motifs is 1. The molecule has 160 valence electrons. The van der Waals surface area contributed by atoms with E-state index in [1.807, 2.05) is 23.1 Å². The number of hydrogen-bond donors (Lipinski definition) is 3. The van der Waals surface area contributed by atoms with E-state index in [-0.39, 0.29) is 29.9 Å². The van der Waals surface area contributed by atoms with Crippen LogP contribution in [0.3, 0.4) is 0 Å². The third-order valence-electron chi connectivity index (χ3n) is 5.64. The average molecular weight is 433 g/mol. The van der Waals surface area contributed by atoms with Crippen molar-refractivity contribution in [1.29, 1.82) is 0 Å². The zero-order valence-electron chi connectivity index (χ0n) is 16.6. The zero-order chi connectivity index (χ0) is 20.2. The second-order valence-electron chi connectivity index (χ2n) is 7.54. The maximum atomic E-state index is 13.8. The predicted octanol–water partition coefficient (Wildman–Crippen LogP) is 3.78. The molecular formula is C22H26ClFN4O2. The van der Waals surface area contributed by atoms with Gasteiger partial charge in [0.15, 0.2) is 0 Å². The molecule has 4 rings (SSSR count). The Labute approximate surface area is 181 Å². The van der Waals surface area contributed by atoms with Crippen molar-refractivity contribution in [3.05, 3.63) is 59.4 Å². The lowest BCUT2D eigenvalue weighted by Crippen LogP contribution is -2.43. The summed E-state index contributed by atoms with van der Waals surface area (Å²) in [5.74, 6) is -0.150. The second-order valence-corrected chi connectivity index (χ2v) is 7.54. The van der Waals surface area contributed by atoms with E-state index < -0.39 is 11.8 Å². The summed E-state index contributed by atoms with van der Waals surface area (Å²) < 4.78 is 13.8. The Morgan fingerprint density at radius 2 is 1.70 bits per heavy atom. The van der Waals surface area contributed by atoms with Gasteiger partial charge in [-0.15, -0.1) is 12.4 Å². The molecule has 0 atom stereocenters. The van der Waals surface area contributed by atoms with Crippen molar-refractivity contribution < 1.29 is 14.0 Å². The number of piperidine rings is 1. The van der Waals surface area contributed by atoms with Crippen molar-refractivity contribution >= 4 is 35.7 Å². The number of nitrogens with zero attached hydrogens (tertiary/aromatic N) is 1. The summed E-state index contributed by atoms with van der Waals surface area (Å²) in [6, 6.07) is 11.3. The minimum Gasteiger partial charge on any atom is -0.338 e. The fourth-order valence-electron chi connectivity index (χ4n) is 4.08. The van der Waals surface area contributed by atoms with E-state index in [4.69, 9.17) is 0 Å². The van der Waals surface area contributed by atoms with Crippen LogP contribution in [0, 0.1) is 11.7 Å². The van der Waals surface area contributed by atoms with Crippen molar-refractivity contribution in [2.75, 3.05) is 30.3 Å². The molecule has 2 aliphatic heterocycles. The lowest BCUT2D eigenvalue weighted by molar-refractivity contribution is -0.137. The van der Waals surface area contributed by atoms with E-state index in [1.165, 1.54) is 12.1 Å². The van der Waals surface area contributed by atoms with Gasteiger partial charge >= 0.3 is 6.03 Å². The third-order valence-corrected chi connectivity index (χ3v) is 5.64. The summed E-state index contributed by atoms with van der Waals surface area (Å²) in [6.07, 6.45) is 2.46.